The molecule has 1 unspecified atom stereocenters. The number of hydrogen-bond acceptors (Lipinski definition) is 1. The SMILES string of the molecule is CC(C)C(C)(O)c1ccccc1C(F)(F)F. The Morgan fingerprint density at radius 3 is 1.88 bits per heavy atom. The predicted molar refractivity (Wildman–Crippen MR) is 55.9 cm³/mol. The fraction of sp³-hybridized carbons (Fsp3) is 0.500. The molecule has 0 fully saturated rings. The zero-order valence-corrected chi connectivity index (χ0v) is 9.47. The Hall–Kier alpha value is -1.03. The van der Waals surface area contributed by atoms with Gasteiger partial charge in [-0.2, -0.15) is 13.2 Å². The maximum absolute atomic E-state index is 12.7. The van der Waals surface area contributed by atoms with E-state index in [4.69, 9.17) is 0 Å². The monoisotopic (exact) mass is 232 g/mol. The van der Waals surface area contributed by atoms with Gasteiger partial charge in [-0.3, -0.25) is 0 Å². The summed E-state index contributed by atoms with van der Waals surface area (Å²) >= 11 is 0. The lowest BCUT2D eigenvalue weighted by molar-refractivity contribution is -0.141. The second-order valence-corrected chi connectivity index (χ2v) is 4.35. The first-order valence-electron chi connectivity index (χ1n) is 5.06. The quantitative estimate of drug-likeness (QED) is 0.826. The van der Waals surface area contributed by atoms with Crippen LogP contribution in [-0.2, 0) is 11.8 Å². The molecule has 90 valence electrons. The highest BCUT2D eigenvalue weighted by molar-refractivity contribution is 5.34. The van der Waals surface area contributed by atoms with Crippen molar-refractivity contribution in [2.75, 3.05) is 0 Å². The second-order valence-electron chi connectivity index (χ2n) is 4.35. The number of hydrogen-bond donors (Lipinski definition) is 1. The van der Waals surface area contributed by atoms with Crippen LogP contribution in [0, 0.1) is 5.92 Å². The summed E-state index contributed by atoms with van der Waals surface area (Å²) in [7, 11) is 0. The van der Waals surface area contributed by atoms with Crippen LogP contribution in [0.25, 0.3) is 0 Å². The molecule has 0 bridgehead atoms. The number of benzene rings is 1. The lowest BCUT2D eigenvalue weighted by Crippen LogP contribution is -2.31. The van der Waals surface area contributed by atoms with E-state index in [0.717, 1.165) is 6.07 Å². The Morgan fingerprint density at radius 2 is 1.50 bits per heavy atom. The van der Waals surface area contributed by atoms with E-state index in [1.54, 1.807) is 13.8 Å². The molecule has 1 aromatic carbocycles. The molecule has 16 heavy (non-hydrogen) atoms. The minimum atomic E-state index is -4.44. The summed E-state index contributed by atoms with van der Waals surface area (Å²) in [6, 6.07) is 5.14. The lowest BCUT2D eigenvalue weighted by atomic mass is 9.82. The van der Waals surface area contributed by atoms with Crippen molar-refractivity contribution in [1.82, 2.24) is 0 Å². The molecule has 4 heteroatoms. The van der Waals surface area contributed by atoms with Gasteiger partial charge in [-0.15, -0.1) is 0 Å². The van der Waals surface area contributed by atoms with E-state index >= 15 is 0 Å². The smallest absolute Gasteiger partial charge is 0.385 e. The molecule has 0 heterocycles. The Balaban J connectivity index is 3.35. The van der Waals surface area contributed by atoms with Gasteiger partial charge in [-0.05, 0) is 24.5 Å². The highest BCUT2D eigenvalue weighted by atomic mass is 19.4. The van der Waals surface area contributed by atoms with E-state index in [0.29, 0.717) is 0 Å². The van der Waals surface area contributed by atoms with E-state index in [-0.39, 0.29) is 11.5 Å². The first-order valence-corrected chi connectivity index (χ1v) is 5.06. The highest BCUT2D eigenvalue weighted by Crippen LogP contribution is 2.39. The minimum absolute atomic E-state index is 0.0718. The molecule has 0 amide bonds. The van der Waals surface area contributed by atoms with Crippen LogP contribution in [0.5, 0.6) is 0 Å². The van der Waals surface area contributed by atoms with Gasteiger partial charge in [0.15, 0.2) is 0 Å². The maximum Gasteiger partial charge on any atom is 0.416 e. The molecule has 1 nitrogen and oxygen atoms in total. The molecule has 0 aliphatic carbocycles. The molecule has 1 rings (SSSR count). The molecular formula is C12H15F3O. The summed E-state index contributed by atoms with van der Waals surface area (Å²) in [6.07, 6.45) is -4.44. The van der Waals surface area contributed by atoms with Crippen LogP contribution in [0.1, 0.15) is 31.9 Å². The molecule has 0 radical (unpaired) electrons. The molecule has 0 spiro atoms. The first-order chi connectivity index (χ1) is 7.17. The molecule has 0 aromatic heterocycles. The van der Waals surface area contributed by atoms with Gasteiger partial charge < -0.3 is 5.11 Å². The van der Waals surface area contributed by atoms with Crippen molar-refractivity contribution in [3.8, 4) is 0 Å². The van der Waals surface area contributed by atoms with Crippen LogP contribution in [0.2, 0.25) is 0 Å². The summed E-state index contributed by atoms with van der Waals surface area (Å²) in [5.41, 5.74) is -2.32. The summed E-state index contributed by atoms with van der Waals surface area (Å²) in [5, 5.41) is 10.1. The topological polar surface area (TPSA) is 20.2 Å². The standard InChI is InChI=1S/C12H15F3O/c1-8(2)11(3,16)9-6-4-5-7-10(9)12(13,14)15/h4-8,16H,1-3H3. The van der Waals surface area contributed by atoms with Gasteiger partial charge >= 0.3 is 6.18 Å². The van der Waals surface area contributed by atoms with Gasteiger partial charge in [0.2, 0.25) is 0 Å². The molecule has 1 aromatic rings. The number of halogens is 3. The van der Waals surface area contributed by atoms with Gasteiger partial charge in [0, 0.05) is 0 Å². The molecule has 1 atom stereocenters. The second kappa shape index (κ2) is 4.09. The summed E-state index contributed by atoms with van der Waals surface area (Å²) < 4.78 is 38.2. The number of alkyl halides is 3. The van der Waals surface area contributed by atoms with Crippen molar-refractivity contribution in [3.63, 3.8) is 0 Å². The predicted octanol–water partition coefficient (Wildman–Crippen LogP) is 3.57. The van der Waals surface area contributed by atoms with Crippen LogP contribution in [0.15, 0.2) is 24.3 Å². The van der Waals surface area contributed by atoms with Crippen LogP contribution in [-0.4, -0.2) is 5.11 Å². The fourth-order valence-electron chi connectivity index (χ4n) is 1.48. The summed E-state index contributed by atoms with van der Waals surface area (Å²) in [4.78, 5) is 0. The third kappa shape index (κ3) is 2.38. The number of rotatable bonds is 2. The van der Waals surface area contributed by atoms with Gasteiger partial charge in [0.25, 0.3) is 0 Å². The molecule has 0 saturated carbocycles. The van der Waals surface area contributed by atoms with Crippen LogP contribution in [0.4, 0.5) is 13.2 Å². The van der Waals surface area contributed by atoms with Gasteiger partial charge in [-0.25, -0.2) is 0 Å². The Bertz CT molecular complexity index is 367. The Labute approximate surface area is 92.9 Å². The third-order valence-corrected chi connectivity index (χ3v) is 2.90. The Morgan fingerprint density at radius 1 is 1.06 bits per heavy atom. The average molecular weight is 232 g/mol. The molecule has 0 aliphatic heterocycles. The highest BCUT2D eigenvalue weighted by Gasteiger charge is 2.39. The van der Waals surface area contributed by atoms with Gasteiger partial charge in [-0.1, -0.05) is 32.0 Å². The first kappa shape index (κ1) is 13.0. The van der Waals surface area contributed by atoms with Crippen molar-refractivity contribution in [2.45, 2.75) is 32.5 Å². The van der Waals surface area contributed by atoms with Crippen LogP contribution >= 0.6 is 0 Å². The van der Waals surface area contributed by atoms with Crippen LogP contribution in [0.3, 0.4) is 0 Å². The minimum Gasteiger partial charge on any atom is -0.385 e. The van der Waals surface area contributed by atoms with Crippen molar-refractivity contribution >= 4 is 0 Å². The average Bonchev–Trinajstić information content (AvgIpc) is 2.16. The molecule has 0 aliphatic rings. The van der Waals surface area contributed by atoms with E-state index in [1.165, 1.54) is 25.1 Å². The van der Waals surface area contributed by atoms with Crippen molar-refractivity contribution in [1.29, 1.82) is 0 Å². The summed E-state index contributed by atoms with van der Waals surface area (Å²) in [6.45, 7) is 4.78. The number of aliphatic hydroxyl groups is 1. The fourth-order valence-corrected chi connectivity index (χ4v) is 1.48. The van der Waals surface area contributed by atoms with E-state index in [1.807, 2.05) is 0 Å². The molecular weight excluding hydrogens is 217 g/mol. The maximum atomic E-state index is 12.7. The van der Waals surface area contributed by atoms with Gasteiger partial charge in [0.1, 0.15) is 0 Å². The van der Waals surface area contributed by atoms with Crippen molar-refractivity contribution in [3.05, 3.63) is 35.4 Å². The van der Waals surface area contributed by atoms with E-state index in [9.17, 15) is 18.3 Å². The molecule has 1 N–H and O–H groups in total. The van der Waals surface area contributed by atoms with E-state index < -0.39 is 17.3 Å². The largest absolute Gasteiger partial charge is 0.416 e. The zero-order chi connectivity index (χ0) is 12.6. The third-order valence-electron chi connectivity index (χ3n) is 2.90. The van der Waals surface area contributed by atoms with Gasteiger partial charge in [0.05, 0.1) is 11.2 Å². The van der Waals surface area contributed by atoms with Crippen LogP contribution < -0.4 is 0 Å². The normalized spacial score (nSPS) is 16.2. The Kier molecular flexibility index (Phi) is 3.33. The van der Waals surface area contributed by atoms with Crippen molar-refractivity contribution < 1.29 is 18.3 Å². The summed E-state index contributed by atoms with van der Waals surface area (Å²) in [5.74, 6) is -0.295. The zero-order valence-electron chi connectivity index (χ0n) is 9.47. The van der Waals surface area contributed by atoms with Crippen molar-refractivity contribution in [2.24, 2.45) is 5.92 Å². The van der Waals surface area contributed by atoms with E-state index in [2.05, 4.69) is 0 Å². The lowest BCUT2D eigenvalue weighted by Gasteiger charge is -2.30. The molecule has 0 saturated heterocycles.